The maximum atomic E-state index is 5.20. The van der Waals surface area contributed by atoms with E-state index < -0.39 is 0 Å². The molecule has 10 rings (SSSR count). The Bertz CT molecular complexity index is 2810. The van der Waals surface area contributed by atoms with Gasteiger partial charge in [-0.15, -0.1) is 22.7 Å². The predicted molar refractivity (Wildman–Crippen MR) is 213 cm³/mol. The number of aromatic nitrogens is 3. The van der Waals surface area contributed by atoms with Gasteiger partial charge in [0.05, 0.1) is 0 Å². The third-order valence-electron chi connectivity index (χ3n) is 9.37. The summed E-state index contributed by atoms with van der Waals surface area (Å²) in [5, 5.41) is 5.13. The highest BCUT2D eigenvalue weighted by Gasteiger charge is 2.21. The summed E-state index contributed by atoms with van der Waals surface area (Å²) in [5.74, 6) is 1.95. The Morgan fingerprint density at radius 3 is 1.56 bits per heavy atom. The first kappa shape index (κ1) is 29.0. The minimum atomic E-state index is 0.648. The lowest BCUT2D eigenvalue weighted by Gasteiger charge is -2.17. The van der Waals surface area contributed by atoms with Gasteiger partial charge in [-0.3, -0.25) is 0 Å². The van der Waals surface area contributed by atoms with Crippen LogP contribution in [0.1, 0.15) is 0 Å². The molecule has 0 atom stereocenters. The summed E-state index contributed by atoms with van der Waals surface area (Å²) in [6, 6.07) is 57.9. The first-order valence-electron chi connectivity index (χ1n) is 16.6. The standard InChI is InChI=1S/C45H27N3S2/c1-3-13-28(14-4-1)43-46-44(29-15-5-2-6-16-29)48-45(47-43)37-22-11-19-34(36-21-12-20-35-32-18-8-10-24-39(32)50-42(35)36)41(37)30-25-26-33-31-17-7-9-23-38(31)49-40(33)27-30/h1-27H. The quantitative estimate of drug-likeness (QED) is 0.182. The van der Waals surface area contributed by atoms with Crippen molar-refractivity contribution in [1.29, 1.82) is 0 Å². The van der Waals surface area contributed by atoms with Crippen molar-refractivity contribution in [3.8, 4) is 56.4 Å². The summed E-state index contributed by atoms with van der Waals surface area (Å²) in [4.78, 5) is 15.4. The summed E-state index contributed by atoms with van der Waals surface area (Å²) >= 11 is 3.69. The van der Waals surface area contributed by atoms with Gasteiger partial charge >= 0.3 is 0 Å². The van der Waals surface area contributed by atoms with E-state index in [1.54, 1.807) is 0 Å². The maximum absolute atomic E-state index is 5.20. The molecular formula is C45H27N3S2. The Kier molecular flexibility index (Phi) is 6.86. The van der Waals surface area contributed by atoms with Crippen LogP contribution in [0, 0.1) is 0 Å². The second-order valence-corrected chi connectivity index (χ2v) is 14.5. The Balaban J connectivity index is 1.28. The lowest BCUT2D eigenvalue weighted by atomic mass is 9.89. The minimum Gasteiger partial charge on any atom is -0.208 e. The molecule has 0 amide bonds. The van der Waals surface area contributed by atoms with Crippen LogP contribution in [-0.2, 0) is 0 Å². The molecule has 0 aliphatic heterocycles. The van der Waals surface area contributed by atoms with Crippen LogP contribution in [0.15, 0.2) is 164 Å². The van der Waals surface area contributed by atoms with E-state index in [9.17, 15) is 0 Å². The van der Waals surface area contributed by atoms with Crippen molar-refractivity contribution in [2.45, 2.75) is 0 Å². The number of nitrogens with zero attached hydrogens (tertiary/aromatic N) is 3. The highest BCUT2D eigenvalue weighted by atomic mass is 32.1. The van der Waals surface area contributed by atoms with Gasteiger partial charge < -0.3 is 0 Å². The van der Waals surface area contributed by atoms with E-state index in [1.165, 1.54) is 45.9 Å². The van der Waals surface area contributed by atoms with Crippen LogP contribution in [0.3, 0.4) is 0 Å². The molecule has 3 nitrogen and oxygen atoms in total. The number of rotatable bonds is 5. The number of benzene rings is 7. The first-order chi connectivity index (χ1) is 24.8. The molecule has 0 saturated carbocycles. The third-order valence-corrected chi connectivity index (χ3v) is 11.7. The van der Waals surface area contributed by atoms with Crippen LogP contribution in [-0.4, -0.2) is 15.0 Å². The molecule has 0 N–H and O–H groups in total. The van der Waals surface area contributed by atoms with Crippen molar-refractivity contribution in [3.63, 3.8) is 0 Å². The summed E-state index contributed by atoms with van der Waals surface area (Å²) in [6.07, 6.45) is 0. The molecule has 0 fully saturated rings. The van der Waals surface area contributed by atoms with E-state index in [4.69, 9.17) is 15.0 Å². The van der Waals surface area contributed by atoms with Crippen LogP contribution >= 0.6 is 22.7 Å². The van der Waals surface area contributed by atoms with Gasteiger partial charge in [0.1, 0.15) is 0 Å². The molecule has 0 aliphatic carbocycles. The molecule has 0 bridgehead atoms. The van der Waals surface area contributed by atoms with E-state index in [2.05, 4.69) is 127 Å². The van der Waals surface area contributed by atoms with Gasteiger partial charge in [-0.25, -0.2) is 15.0 Å². The molecule has 7 aromatic carbocycles. The Hall–Kier alpha value is -6.01. The van der Waals surface area contributed by atoms with Crippen LogP contribution in [0.4, 0.5) is 0 Å². The van der Waals surface area contributed by atoms with Crippen LogP contribution < -0.4 is 0 Å². The van der Waals surface area contributed by atoms with Crippen LogP contribution in [0.5, 0.6) is 0 Å². The SMILES string of the molecule is c1ccc(-c2nc(-c3ccccc3)nc(-c3cccc(-c4cccc5c4sc4ccccc45)c3-c3ccc4c(c3)sc3ccccc34)n2)cc1. The smallest absolute Gasteiger partial charge is 0.164 e. The summed E-state index contributed by atoms with van der Waals surface area (Å²) < 4.78 is 5.12. The largest absolute Gasteiger partial charge is 0.208 e. The predicted octanol–water partition coefficient (Wildman–Crippen LogP) is 12.9. The molecular weight excluding hydrogens is 647 g/mol. The minimum absolute atomic E-state index is 0.648. The fraction of sp³-hybridized carbons (Fsp3) is 0. The molecule has 0 aliphatic rings. The number of thiophene rings is 2. The average molecular weight is 674 g/mol. The van der Waals surface area contributed by atoms with Crippen molar-refractivity contribution in [1.82, 2.24) is 15.0 Å². The molecule has 3 heterocycles. The van der Waals surface area contributed by atoms with Crippen molar-refractivity contribution in [3.05, 3.63) is 164 Å². The Morgan fingerprint density at radius 2 is 0.840 bits per heavy atom. The van der Waals surface area contributed by atoms with E-state index in [-0.39, 0.29) is 0 Å². The zero-order chi connectivity index (χ0) is 33.0. The van der Waals surface area contributed by atoms with Gasteiger partial charge in [-0.05, 0) is 29.3 Å². The maximum Gasteiger partial charge on any atom is 0.164 e. The molecule has 50 heavy (non-hydrogen) atoms. The normalized spacial score (nSPS) is 11.6. The molecule has 3 aromatic heterocycles. The zero-order valence-corrected chi connectivity index (χ0v) is 28.4. The highest BCUT2D eigenvalue weighted by molar-refractivity contribution is 7.26. The van der Waals surface area contributed by atoms with Gasteiger partial charge in [-0.1, -0.05) is 146 Å². The fourth-order valence-corrected chi connectivity index (χ4v) is 9.42. The van der Waals surface area contributed by atoms with E-state index in [1.807, 2.05) is 59.1 Å². The molecule has 0 spiro atoms. The molecule has 5 heteroatoms. The number of hydrogen-bond donors (Lipinski definition) is 0. The monoisotopic (exact) mass is 673 g/mol. The van der Waals surface area contributed by atoms with Crippen LogP contribution in [0.25, 0.3) is 96.8 Å². The van der Waals surface area contributed by atoms with Crippen molar-refractivity contribution < 1.29 is 0 Å². The molecule has 10 aromatic rings. The zero-order valence-electron chi connectivity index (χ0n) is 26.7. The molecule has 234 valence electrons. The molecule has 0 saturated heterocycles. The van der Waals surface area contributed by atoms with Crippen molar-refractivity contribution in [2.24, 2.45) is 0 Å². The molecule has 0 unspecified atom stereocenters. The second kappa shape index (κ2) is 11.8. The topological polar surface area (TPSA) is 38.7 Å². The number of fused-ring (bicyclic) bond motifs is 6. The van der Waals surface area contributed by atoms with Crippen molar-refractivity contribution in [2.75, 3.05) is 0 Å². The van der Waals surface area contributed by atoms with E-state index in [0.717, 1.165) is 33.4 Å². The van der Waals surface area contributed by atoms with Gasteiger partial charge in [0.25, 0.3) is 0 Å². The lowest BCUT2D eigenvalue weighted by molar-refractivity contribution is 1.07. The molecule has 0 radical (unpaired) electrons. The highest BCUT2D eigenvalue weighted by Crippen LogP contribution is 2.46. The first-order valence-corrected chi connectivity index (χ1v) is 18.2. The lowest BCUT2D eigenvalue weighted by Crippen LogP contribution is -2.01. The summed E-state index contributed by atoms with van der Waals surface area (Å²) in [5.41, 5.74) is 7.48. The van der Waals surface area contributed by atoms with Crippen molar-refractivity contribution >= 4 is 63.0 Å². The number of hydrogen-bond acceptors (Lipinski definition) is 5. The fourth-order valence-electron chi connectivity index (χ4n) is 7.04. The Labute approximate surface area is 296 Å². The average Bonchev–Trinajstić information content (AvgIpc) is 3.76. The Morgan fingerprint density at radius 1 is 0.320 bits per heavy atom. The third kappa shape index (κ3) is 4.82. The van der Waals surface area contributed by atoms with E-state index >= 15 is 0 Å². The van der Waals surface area contributed by atoms with Gasteiger partial charge in [-0.2, -0.15) is 0 Å². The summed E-state index contributed by atoms with van der Waals surface area (Å²) in [7, 11) is 0. The van der Waals surface area contributed by atoms with Crippen LogP contribution in [0.2, 0.25) is 0 Å². The van der Waals surface area contributed by atoms with Gasteiger partial charge in [0, 0.05) is 68.2 Å². The second-order valence-electron chi connectivity index (χ2n) is 12.4. The summed E-state index contributed by atoms with van der Waals surface area (Å²) in [6.45, 7) is 0. The van der Waals surface area contributed by atoms with Gasteiger partial charge in [0.2, 0.25) is 0 Å². The van der Waals surface area contributed by atoms with Gasteiger partial charge in [0.15, 0.2) is 17.5 Å². The van der Waals surface area contributed by atoms with E-state index in [0.29, 0.717) is 17.5 Å².